The fraction of sp³-hybridized carbons (Fsp3) is 0.300. The minimum absolute atomic E-state index is 0.647. The predicted octanol–water partition coefficient (Wildman–Crippen LogP) is 1.46. The zero-order chi connectivity index (χ0) is 19.1. The molecule has 2 amide bonds. The van der Waals surface area contributed by atoms with E-state index in [9.17, 15) is 19.8 Å². The quantitative estimate of drug-likeness (QED) is 0.589. The van der Waals surface area contributed by atoms with Crippen LogP contribution >= 0.6 is 0 Å². The summed E-state index contributed by atoms with van der Waals surface area (Å²) in [5.74, 6) is -1.72. The number of hydrogen-bond acceptors (Lipinski definition) is 4. The third-order valence-electron chi connectivity index (χ3n) is 4.15. The summed E-state index contributed by atoms with van der Waals surface area (Å²) in [6.45, 7) is 3.23. The van der Waals surface area contributed by atoms with Crippen LogP contribution in [0.2, 0.25) is 0 Å². The molecular weight excluding hydrogens is 332 g/mol. The van der Waals surface area contributed by atoms with Gasteiger partial charge >= 0.3 is 11.8 Å². The first-order valence-electron chi connectivity index (χ1n) is 8.47. The summed E-state index contributed by atoms with van der Waals surface area (Å²) in [7, 11) is 0. The second-order valence-corrected chi connectivity index (χ2v) is 6.24. The topological polar surface area (TPSA) is 98.7 Å². The van der Waals surface area contributed by atoms with E-state index in [2.05, 4.69) is 10.6 Å². The molecule has 2 rings (SSSR count). The van der Waals surface area contributed by atoms with E-state index in [1.807, 2.05) is 12.1 Å². The molecule has 0 unspecified atom stereocenters. The van der Waals surface area contributed by atoms with Gasteiger partial charge in [-0.1, -0.05) is 60.7 Å². The SMILES string of the molecule is C[C@@H](NC(=O)C(=O)N[C@H](C)[C@@H](O)c1ccccc1)[C@@H](O)c1ccccc1. The van der Waals surface area contributed by atoms with Crippen molar-refractivity contribution in [3.8, 4) is 0 Å². The van der Waals surface area contributed by atoms with Crippen LogP contribution in [0.5, 0.6) is 0 Å². The van der Waals surface area contributed by atoms with E-state index in [4.69, 9.17) is 0 Å². The fourth-order valence-electron chi connectivity index (χ4n) is 2.58. The molecule has 6 heteroatoms. The molecule has 0 fully saturated rings. The highest BCUT2D eigenvalue weighted by Crippen LogP contribution is 2.17. The summed E-state index contributed by atoms with van der Waals surface area (Å²) < 4.78 is 0. The van der Waals surface area contributed by atoms with Crippen molar-refractivity contribution in [1.82, 2.24) is 10.6 Å². The monoisotopic (exact) mass is 356 g/mol. The molecule has 4 N–H and O–H groups in total. The van der Waals surface area contributed by atoms with Crippen LogP contribution in [-0.4, -0.2) is 34.1 Å². The van der Waals surface area contributed by atoms with Gasteiger partial charge in [0.25, 0.3) is 0 Å². The van der Waals surface area contributed by atoms with E-state index >= 15 is 0 Å². The van der Waals surface area contributed by atoms with Gasteiger partial charge in [-0.05, 0) is 25.0 Å². The highest BCUT2D eigenvalue weighted by molar-refractivity contribution is 6.35. The third kappa shape index (κ3) is 5.15. The molecule has 2 aromatic rings. The lowest BCUT2D eigenvalue weighted by molar-refractivity contribution is -0.140. The first-order chi connectivity index (χ1) is 12.4. The Bertz CT molecular complexity index is 658. The number of nitrogens with one attached hydrogen (secondary N) is 2. The molecule has 0 bridgehead atoms. The molecule has 6 nitrogen and oxygen atoms in total. The summed E-state index contributed by atoms with van der Waals surface area (Å²) in [5, 5.41) is 25.5. The zero-order valence-corrected chi connectivity index (χ0v) is 14.8. The molecule has 0 heterocycles. The van der Waals surface area contributed by atoms with Crippen LogP contribution in [0.15, 0.2) is 60.7 Å². The van der Waals surface area contributed by atoms with Crippen LogP contribution in [0.3, 0.4) is 0 Å². The summed E-state index contributed by atoms with van der Waals surface area (Å²) in [6.07, 6.45) is -1.86. The predicted molar refractivity (Wildman–Crippen MR) is 98.0 cm³/mol. The standard InChI is InChI=1S/C20H24N2O4/c1-13(17(23)15-9-5-3-6-10-15)21-19(25)20(26)22-14(2)18(24)16-11-7-4-8-12-16/h3-14,17-18,23-24H,1-2H3,(H,21,25)(H,22,26)/t13-,14-,17-,18-/m1/s1. The molecule has 0 saturated heterocycles. The van der Waals surface area contributed by atoms with Crippen LogP contribution in [0.4, 0.5) is 0 Å². The molecule has 26 heavy (non-hydrogen) atoms. The van der Waals surface area contributed by atoms with E-state index in [-0.39, 0.29) is 0 Å². The van der Waals surface area contributed by atoms with Crippen molar-refractivity contribution < 1.29 is 19.8 Å². The summed E-state index contributed by atoms with van der Waals surface area (Å²) in [5.41, 5.74) is 1.29. The molecule has 0 aliphatic heterocycles. The molecule has 0 aliphatic rings. The first kappa shape index (κ1) is 19.6. The molecular formula is C20H24N2O4. The Balaban J connectivity index is 1.89. The third-order valence-corrected chi connectivity index (χ3v) is 4.15. The Morgan fingerprint density at radius 2 is 1.00 bits per heavy atom. The second-order valence-electron chi connectivity index (χ2n) is 6.24. The van der Waals surface area contributed by atoms with E-state index in [1.165, 1.54) is 0 Å². The maximum absolute atomic E-state index is 12.1. The number of benzene rings is 2. The van der Waals surface area contributed by atoms with Crippen molar-refractivity contribution in [2.75, 3.05) is 0 Å². The van der Waals surface area contributed by atoms with Crippen LogP contribution in [0.1, 0.15) is 37.2 Å². The summed E-state index contributed by atoms with van der Waals surface area (Å²) in [6, 6.07) is 16.5. The number of carbonyl (C=O) groups is 2. The van der Waals surface area contributed by atoms with Crippen molar-refractivity contribution in [3.05, 3.63) is 71.8 Å². The zero-order valence-electron chi connectivity index (χ0n) is 14.8. The Morgan fingerprint density at radius 1 is 0.692 bits per heavy atom. The number of aliphatic hydroxyl groups is 2. The van der Waals surface area contributed by atoms with Gasteiger partial charge < -0.3 is 20.8 Å². The molecule has 4 atom stereocenters. The first-order valence-corrected chi connectivity index (χ1v) is 8.47. The summed E-state index contributed by atoms with van der Waals surface area (Å²) in [4.78, 5) is 24.1. The molecule has 0 aliphatic carbocycles. The number of carbonyl (C=O) groups excluding carboxylic acids is 2. The Morgan fingerprint density at radius 3 is 1.31 bits per heavy atom. The highest BCUT2D eigenvalue weighted by Gasteiger charge is 2.25. The molecule has 0 aromatic heterocycles. The Hall–Kier alpha value is -2.70. The van der Waals surface area contributed by atoms with Crippen molar-refractivity contribution in [2.24, 2.45) is 0 Å². The van der Waals surface area contributed by atoms with Crippen molar-refractivity contribution in [1.29, 1.82) is 0 Å². The lowest BCUT2D eigenvalue weighted by Gasteiger charge is -2.23. The van der Waals surface area contributed by atoms with E-state index in [0.29, 0.717) is 11.1 Å². The number of rotatable bonds is 6. The van der Waals surface area contributed by atoms with Gasteiger partial charge in [-0.25, -0.2) is 0 Å². The van der Waals surface area contributed by atoms with Gasteiger partial charge in [0.05, 0.1) is 24.3 Å². The van der Waals surface area contributed by atoms with Gasteiger partial charge in [-0.15, -0.1) is 0 Å². The molecule has 138 valence electrons. The largest absolute Gasteiger partial charge is 0.386 e. The molecule has 0 radical (unpaired) electrons. The van der Waals surface area contributed by atoms with Crippen LogP contribution in [0.25, 0.3) is 0 Å². The summed E-state index contributed by atoms with van der Waals surface area (Å²) >= 11 is 0. The number of aliphatic hydroxyl groups excluding tert-OH is 2. The van der Waals surface area contributed by atoms with E-state index in [1.54, 1.807) is 62.4 Å². The normalized spacial score (nSPS) is 15.4. The van der Waals surface area contributed by atoms with Gasteiger partial charge in [-0.2, -0.15) is 0 Å². The van der Waals surface area contributed by atoms with Crippen molar-refractivity contribution in [3.63, 3.8) is 0 Å². The smallest absolute Gasteiger partial charge is 0.309 e. The number of amides is 2. The Labute approximate surface area is 152 Å². The lowest BCUT2D eigenvalue weighted by Crippen LogP contribution is -2.48. The minimum atomic E-state index is -0.930. The van der Waals surface area contributed by atoms with Crippen LogP contribution in [0, 0.1) is 0 Å². The minimum Gasteiger partial charge on any atom is -0.386 e. The van der Waals surface area contributed by atoms with Crippen molar-refractivity contribution in [2.45, 2.75) is 38.1 Å². The van der Waals surface area contributed by atoms with Gasteiger partial charge in [0.15, 0.2) is 0 Å². The van der Waals surface area contributed by atoms with Gasteiger partial charge in [0, 0.05) is 0 Å². The lowest BCUT2D eigenvalue weighted by atomic mass is 10.0. The average Bonchev–Trinajstić information content (AvgIpc) is 2.67. The van der Waals surface area contributed by atoms with Crippen LogP contribution in [-0.2, 0) is 9.59 Å². The average molecular weight is 356 g/mol. The Kier molecular flexibility index (Phi) is 6.89. The van der Waals surface area contributed by atoms with E-state index in [0.717, 1.165) is 0 Å². The molecule has 0 spiro atoms. The number of hydrogen-bond donors (Lipinski definition) is 4. The molecule has 2 aromatic carbocycles. The van der Waals surface area contributed by atoms with Crippen molar-refractivity contribution >= 4 is 11.8 Å². The van der Waals surface area contributed by atoms with Gasteiger partial charge in [-0.3, -0.25) is 9.59 Å². The van der Waals surface area contributed by atoms with Crippen LogP contribution < -0.4 is 10.6 Å². The van der Waals surface area contributed by atoms with Gasteiger partial charge in [0.2, 0.25) is 0 Å². The highest BCUT2D eigenvalue weighted by atomic mass is 16.3. The maximum Gasteiger partial charge on any atom is 0.309 e. The molecule has 0 saturated carbocycles. The second kappa shape index (κ2) is 9.12. The van der Waals surface area contributed by atoms with Gasteiger partial charge in [0.1, 0.15) is 0 Å². The van der Waals surface area contributed by atoms with E-state index < -0.39 is 36.1 Å². The maximum atomic E-state index is 12.1. The fourth-order valence-corrected chi connectivity index (χ4v) is 2.58.